The van der Waals surface area contributed by atoms with Gasteiger partial charge in [0, 0.05) is 0 Å². The highest BCUT2D eigenvalue weighted by Crippen LogP contribution is 2.28. The van der Waals surface area contributed by atoms with Crippen LogP contribution in [0.4, 0.5) is 5.69 Å². The fourth-order valence-corrected chi connectivity index (χ4v) is 5.40. The van der Waals surface area contributed by atoms with E-state index in [-0.39, 0.29) is 11.9 Å². The first-order valence-corrected chi connectivity index (χ1v) is 12.4. The number of benzene rings is 2. The van der Waals surface area contributed by atoms with Gasteiger partial charge >= 0.3 is 0 Å². The van der Waals surface area contributed by atoms with Gasteiger partial charge in [0.25, 0.3) is 0 Å². The number of carbonyl (C=O) groups is 1. The molecule has 2 unspecified atom stereocenters. The molecule has 1 aliphatic carbocycles. The Morgan fingerprint density at radius 2 is 1.67 bits per heavy atom. The van der Waals surface area contributed by atoms with Crippen LogP contribution in [0, 0.1) is 13.8 Å². The maximum absolute atomic E-state index is 13.1. The summed E-state index contributed by atoms with van der Waals surface area (Å²) < 4.78 is 26.4. The molecule has 2 aromatic carbocycles. The molecule has 0 aliphatic heterocycles. The number of hydrogen-bond acceptors (Lipinski definition) is 3. The monoisotopic (exact) mass is 428 g/mol. The minimum atomic E-state index is -3.64. The van der Waals surface area contributed by atoms with E-state index in [1.165, 1.54) is 28.3 Å². The molecule has 0 heterocycles. The molecule has 1 N–H and O–H groups in total. The summed E-state index contributed by atoms with van der Waals surface area (Å²) in [5.74, 6) is -0.313. The maximum Gasteiger partial charge on any atom is 0.244 e. The van der Waals surface area contributed by atoms with E-state index < -0.39 is 16.1 Å². The molecule has 0 fully saturated rings. The second-order valence-electron chi connectivity index (χ2n) is 8.49. The fourth-order valence-electron chi connectivity index (χ4n) is 4.18. The van der Waals surface area contributed by atoms with Gasteiger partial charge in [-0.3, -0.25) is 9.10 Å². The van der Waals surface area contributed by atoms with E-state index >= 15 is 0 Å². The lowest BCUT2D eigenvalue weighted by molar-refractivity contribution is -0.122. The average Bonchev–Trinajstić information content (AvgIpc) is 2.69. The quantitative estimate of drug-likeness (QED) is 0.749. The summed E-state index contributed by atoms with van der Waals surface area (Å²) in [4.78, 5) is 13.1. The van der Waals surface area contributed by atoms with Crippen LogP contribution in [0.25, 0.3) is 0 Å². The van der Waals surface area contributed by atoms with Crippen molar-refractivity contribution in [3.63, 3.8) is 0 Å². The van der Waals surface area contributed by atoms with Crippen LogP contribution in [-0.4, -0.2) is 26.6 Å². The Labute approximate surface area is 180 Å². The van der Waals surface area contributed by atoms with Crippen molar-refractivity contribution < 1.29 is 13.2 Å². The summed E-state index contributed by atoms with van der Waals surface area (Å²) >= 11 is 0. The number of nitrogens with zero attached hydrogens (tertiary/aromatic N) is 1. The minimum Gasteiger partial charge on any atom is -0.348 e. The molecule has 0 aromatic heterocycles. The van der Waals surface area contributed by atoms with Crippen LogP contribution in [0.1, 0.15) is 60.5 Å². The second-order valence-corrected chi connectivity index (χ2v) is 10.3. The highest BCUT2D eigenvalue weighted by atomic mass is 32.2. The van der Waals surface area contributed by atoms with E-state index in [9.17, 15) is 13.2 Å². The third kappa shape index (κ3) is 4.86. The van der Waals surface area contributed by atoms with Gasteiger partial charge < -0.3 is 5.32 Å². The third-order valence-corrected chi connectivity index (χ3v) is 7.15. The van der Waals surface area contributed by atoms with Crippen LogP contribution in [-0.2, 0) is 27.7 Å². The van der Waals surface area contributed by atoms with Gasteiger partial charge in [0.1, 0.15) is 6.04 Å². The number of anilines is 1. The summed E-state index contributed by atoms with van der Waals surface area (Å²) in [6.45, 7) is 7.34. The fraction of sp³-hybridized carbons (Fsp3) is 0.458. The van der Waals surface area contributed by atoms with Crippen molar-refractivity contribution in [1.29, 1.82) is 0 Å². The molecular formula is C24H32N2O3S. The molecule has 6 heteroatoms. The van der Waals surface area contributed by atoms with E-state index in [1.807, 2.05) is 39.0 Å². The van der Waals surface area contributed by atoms with Gasteiger partial charge in [-0.1, -0.05) is 30.3 Å². The van der Waals surface area contributed by atoms with Crippen LogP contribution >= 0.6 is 0 Å². The lowest BCUT2D eigenvalue weighted by Gasteiger charge is -2.30. The van der Waals surface area contributed by atoms with Gasteiger partial charge in [-0.15, -0.1) is 0 Å². The Morgan fingerprint density at radius 1 is 1.00 bits per heavy atom. The first kappa shape index (κ1) is 22.3. The van der Waals surface area contributed by atoms with Crippen LogP contribution in [0.15, 0.2) is 36.4 Å². The van der Waals surface area contributed by atoms with Gasteiger partial charge in [0.05, 0.1) is 18.0 Å². The van der Waals surface area contributed by atoms with Crippen LogP contribution in [0.2, 0.25) is 0 Å². The topological polar surface area (TPSA) is 66.5 Å². The van der Waals surface area contributed by atoms with Gasteiger partial charge in [-0.2, -0.15) is 0 Å². The van der Waals surface area contributed by atoms with E-state index in [4.69, 9.17) is 0 Å². The summed E-state index contributed by atoms with van der Waals surface area (Å²) in [5, 5.41) is 3.01. The van der Waals surface area contributed by atoms with Gasteiger partial charge in [-0.05, 0) is 87.3 Å². The standard InChI is InChI=1S/C24H32N2O3S/c1-16-10-11-17(2)23(14-16)26(30(5,28)29)19(4)24(27)25-18(3)21-13-12-20-8-6-7-9-22(20)15-21/h10-15,18-19H,6-9H2,1-5H3,(H,25,27). The minimum absolute atomic E-state index is 0.202. The molecule has 0 bridgehead atoms. The third-order valence-electron chi connectivity index (χ3n) is 5.92. The Bertz CT molecular complexity index is 1050. The molecule has 1 aliphatic rings. The molecule has 30 heavy (non-hydrogen) atoms. The van der Waals surface area contributed by atoms with E-state index in [1.54, 1.807) is 6.92 Å². The molecule has 3 rings (SSSR count). The number of carbonyl (C=O) groups excluding carboxylic acids is 1. The van der Waals surface area contributed by atoms with E-state index in [0.29, 0.717) is 5.69 Å². The number of fused-ring (bicyclic) bond motifs is 1. The number of amides is 1. The summed E-state index contributed by atoms with van der Waals surface area (Å²) in [6, 6.07) is 11.0. The summed E-state index contributed by atoms with van der Waals surface area (Å²) in [7, 11) is -3.64. The largest absolute Gasteiger partial charge is 0.348 e. The van der Waals surface area contributed by atoms with E-state index in [0.717, 1.165) is 35.8 Å². The van der Waals surface area contributed by atoms with E-state index in [2.05, 4.69) is 23.5 Å². The zero-order chi connectivity index (χ0) is 22.1. The Kier molecular flexibility index (Phi) is 6.56. The SMILES string of the molecule is Cc1ccc(C)c(N(C(C)C(=O)NC(C)c2ccc3c(c2)CCCC3)S(C)(=O)=O)c1. The van der Waals surface area contributed by atoms with Crippen molar-refractivity contribution >= 4 is 21.6 Å². The Morgan fingerprint density at radius 3 is 2.33 bits per heavy atom. The number of sulfonamides is 1. The summed E-state index contributed by atoms with van der Waals surface area (Å²) in [5.41, 5.74) is 6.11. The van der Waals surface area contributed by atoms with Crippen molar-refractivity contribution in [3.05, 3.63) is 64.2 Å². The maximum atomic E-state index is 13.1. The normalized spacial score (nSPS) is 15.8. The van der Waals surface area contributed by atoms with Crippen molar-refractivity contribution in [1.82, 2.24) is 5.32 Å². The first-order valence-electron chi connectivity index (χ1n) is 10.6. The molecule has 1 amide bonds. The molecule has 2 aromatic rings. The second kappa shape index (κ2) is 8.80. The Balaban J connectivity index is 1.83. The Hall–Kier alpha value is -2.34. The van der Waals surface area contributed by atoms with Crippen LogP contribution < -0.4 is 9.62 Å². The number of rotatable bonds is 6. The molecule has 2 atom stereocenters. The highest BCUT2D eigenvalue weighted by molar-refractivity contribution is 7.92. The lowest BCUT2D eigenvalue weighted by atomic mass is 9.89. The molecule has 0 radical (unpaired) electrons. The number of hydrogen-bond donors (Lipinski definition) is 1. The van der Waals surface area contributed by atoms with Crippen LogP contribution in [0.3, 0.4) is 0 Å². The first-order chi connectivity index (χ1) is 14.1. The number of nitrogens with one attached hydrogen (secondary N) is 1. The summed E-state index contributed by atoms with van der Waals surface area (Å²) in [6.07, 6.45) is 5.77. The molecule has 0 spiro atoms. The lowest BCUT2D eigenvalue weighted by Crippen LogP contribution is -2.48. The van der Waals surface area contributed by atoms with Gasteiger partial charge in [0.2, 0.25) is 15.9 Å². The van der Waals surface area contributed by atoms with Crippen molar-refractivity contribution in [2.45, 2.75) is 65.5 Å². The molecule has 0 saturated carbocycles. The van der Waals surface area contributed by atoms with Crippen LogP contribution in [0.5, 0.6) is 0 Å². The molecule has 162 valence electrons. The van der Waals surface area contributed by atoms with Crippen molar-refractivity contribution in [3.8, 4) is 0 Å². The average molecular weight is 429 g/mol. The predicted octanol–water partition coefficient (Wildman–Crippen LogP) is 4.21. The van der Waals surface area contributed by atoms with Gasteiger partial charge in [0.15, 0.2) is 0 Å². The molecule has 0 saturated heterocycles. The predicted molar refractivity (Wildman–Crippen MR) is 122 cm³/mol. The van der Waals surface area contributed by atoms with Crippen molar-refractivity contribution in [2.75, 3.05) is 10.6 Å². The molecular weight excluding hydrogens is 396 g/mol. The smallest absolute Gasteiger partial charge is 0.244 e. The molecule has 5 nitrogen and oxygen atoms in total. The van der Waals surface area contributed by atoms with Gasteiger partial charge in [-0.25, -0.2) is 8.42 Å². The zero-order valence-corrected chi connectivity index (χ0v) is 19.3. The van der Waals surface area contributed by atoms with Crippen molar-refractivity contribution in [2.24, 2.45) is 0 Å². The zero-order valence-electron chi connectivity index (χ0n) is 18.5. The highest BCUT2D eigenvalue weighted by Gasteiger charge is 2.31. The number of aryl methyl sites for hydroxylation is 4.